The van der Waals surface area contributed by atoms with Gasteiger partial charge >= 0.3 is 0 Å². The van der Waals surface area contributed by atoms with Crippen molar-refractivity contribution in [3.05, 3.63) is 34.9 Å². The van der Waals surface area contributed by atoms with Gasteiger partial charge in [-0.1, -0.05) is 23.7 Å². The normalized spacial score (nSPS) is 25.0. The number of hydrogen-bond acceptors (Lipinski definition) is 3. The standard InChI is InChI=1S/C13H15ClO3S/c1-9-13(5-6-17-9)18(16)8-12(15)10-3-2-4-11(14)7-10/h2-4,7,9,13H,5-6,8H2,1H3. The first kappa shape index (κ1) is 13.7. The van der Waals surface area contributed by atoms with Crippen molar-refractivity contribution in [3.63, 3.8) is 0 Å². The van der Waals surface area contributed by atoms with E-state index in [1.165, 1.54) is 0 Å². The Hall–Kier alpha value is -0.710. The van der Waals surface area contributed by atoms with Crippen molar-refractivity contribution in [1.29, 1.82) is 0 Å². The van der Waals surface area contributed by atoms with Gasteiger partial charge in [0.15, 0.2) is 5.78 Å². The van der Waals surface area contributed by atoms with Gasteiger partial charge in [-0.15, -0.1) is 0 Å². The van der Waals surface area contributed by atoms with Crippen LogP contribution in [0.2, 0.25) is 5.02 Å². The number of ether oxygens (including phenoxy) is 1. The molecule has 98 valence electrons. The maximum atomic E-state index is 12.1. The van der Waals surface area contributed by atoms with Gasteiger partial charge in [0.25, 0.3) is 0 Å². The topological polar surface area (TPSA) is 43.4 Å². The molecule has 1 saturated heterocycles. The summed E-state index contributed by atoms with van der Waals surface area (Å²) in [7, 11) is -1.18. The Morgan fingerprint density at radius 2 is 2.33 bits per heavy atom. The monoisotopic (exact) mass is 286 g/mol. The fraction of sp³-hybridized carbons (Fsp3) is 0.462. The molecule has 1 aliphatic rings. The molecule has 1 fully saturated rings. The van der Waals surface area contributed by atoms with Gasteiger partial charge in [0.05, 0.1) is 17.1 Å². The summed E-state index contributed by atoms with van der Waals surface area (Å²) in [6.07, 6.45) is 0.731. The summed E-state index contributed by atoms with van der Waals surface area (Å²) in [6.45, 7) is 2.53. The molecule has 0 saturated carbocycles. The molecule has 5 heteroatoms. The van der Waals surface area contributed by atoms with Crippen LogP contribution in [0.3, 0.4) is 0 Å². The fourth-order valence-electron chi connectivity index (χ4n) is 2.04. The summed E-state index contributed by atoms with van der Waals surface area (Å²) in [5.74, 6) is -0.0893. The van der Waals surface area contributed by atoms with E-state index in [2.05, 4.69) is 0 Å². The first-order valence-electron chi connectivity index (χ1n) is 5.85. The minimum atomic E-state index is -1.18. The molecular formula is C13H15ClO3S. The number of halogens is 1. The van der Waals surface area contributed by atoms with E-state index >= 15 is 0 Å². The smallest absolute Gasteiger partial charge is 0.175 e. The van der Waals surface area contributed by atoms with Crippen molar-refractivity contribution in [2.75, 3.05) is 12.4 Å². The lowest BCUT2D eigenvalue weighted by Crippen LogP contribution is -2.27. The molecule has 1 aromatic carbocycles. The summed E-state index contributed by atoms with van der Waals surface area (Å²) in [5.41, 5.74) is 0.516. The molecule has 3 unspecified atom stereocenters. The molecule has 18 heavy (non-hydrogen) atoms. The van der Waals surface area contributed by atoms with Crippen LogP contribution in [0.4, 0.5) is 0 Å². The zero-order chi connectivity index (χ0) is 13.1. The number of hydrogen-bond donors (Lipinski definition) is 0. The zero-order valence-electron chi connectivity index (χ0n) is 10.1. The van der Waals surface area contributed by atoms with E-state index in [1.807, 2.05) is 6.92 Å². The molecule has 1 aromatic rings. The summed E-state index contributed by atoms with van der Waals surface area (Å²) in [4.78, 5) is 12.0. The van der Waals surface area contributed by atoms with Crippen LogP contribution in [-0.2, 0) is 15.5 Å². The van der Waals surface area contributed by atoms with E-state index in [9.17, 15) is 9.00 Å². The van der Waals surface area contributed by atoms with Crippen molar-refractivity contribution in [2.24, 2.45) is 0 Å². The summed E-state index contributed by atoms with van der Waals surface area (Å²) in [6, 6.07) is 6.73. The third-order valence-electron chi connectivity index (χ3n) is 3.06. The second-order valence-corrected chi connectivity index (χ2v) is 6.45. The van der Waals surface area contributed by atoms with Crippen LogP contribution in [0.15, 0.2) is 24.3 Å². The van der Waals surface area contributed by atoms with Crippen LogP contribution in [0.5, 0.6) is 0 Å². The molecule has 0 aliphatic carbocycles. The molecule has 3 nitrogen and oxygen atoms in total. The summed E-state index contributed by atoms with van der Waals surface area (Å²) in [5, 5.41) is 0.484. The second kappa shape index (κ2) is 5.95. The molecule has 0 radical (unpaired) electrons. The Morgan fingerprint density at radius 1 is 1.56 bits per heavy atom. The number of rotatable bonds is 4. The van der Waals surface area contributed by atoms with Crippen molar-refractivity contribution in [3.8, 4) is 0 Å². The van der Waals surface area contributed by atoms with Gasteiger partial charge in [-0.05, 0) is 25.5 Å². The third-order valence-corrected chi connectivity index (χ3v) is 5.14. The third kappa shape index (κ3) is 3.19. The maximum absolute atomic E-state index is 12.1. The Bertz CT molecular complexity index is 475. The van der Waals surface area contributed by atoms with Gasteiger partial charge in [0.1, 0.15) is 0 Å². The average Bonchev–Trinajstić information content (AvgIpc) is 2.75. The van der Waals surface area contributed by atoms with E-state index in [1.54, 1.807) is 24.3 Å². The van der Waals surface area contributed by atoms with Gasteiger partial charge < -0.3 is 4.74 Å². The SMILES string of the molecule is CC1OCCC1S(=O)CC(=O)c1cccc(Cl)c1. The summed E-state index contributed by atoms with van der Waals surface area (Å²) >= 11 is 5.83. The van der Waals surface area contributed by atoms with Gasteiger partial charge in [-0.2, -0.15) is 0 Å². The molecule has 0 bridgehead atoms. The fourth-order valence-corrected chi connectivity index (χ4v) is 3.73. The molecule has 1 aliphatic heterocycles. The van der Waals surface area contributed by atoms with Gasteiger partial charge in [0, 0.05) is 28.0 Å². The molecular weight excluding hydrogens is 272 g/mol. The lowest BCUT2D eigenvalue weighted by molar-refractivity contribution is 0.102. The summed E-state index contributed by atoms with van der Waals surface area (Å²) < 4.78 is 17.5. The predicted molar refractivity (Wildman–Crippen MR) is 72.6 cm³/mol. The van der Waals surface area contributed by atoms with Crippen LogP contribution >= 0.6 is 11.6 Å². The van der Waals surface area contributed by atoms with Crippen LogP contribution in [0.25, 0.3) is 0 Å². The van der Waals surface area contributed by atoms with Crippen LogP contribution in [-0.4, -0.2) is 33.7 Å². The van der Waals surface area contributed by atoms with Gasteiger partial charge in [-0.25, -0.2) is 0 Å². The molecule has 1 heterocycles. The molecule has 3 atom stereocenters. The van der Waals surface area contributed by atoms with Gasteiger partial charge in [0.2, 0.25) is 0 Å². The maximum Gasteiger partial charge on any atom is 0.175 e. The number of ketones is 1. The first-order valence-corrected chi connectivity index (χ1v) is 7.61. The van der Waals surface area contributed by atoms with Crippen LogP contribution in [0, 0.1) is 0 Å². The van der Waals surface area contributed by atoms with Crippen molar-refractivity contribution in [1.82, 2.24) is 0 Å². The zero-order valence-corrected chi connectivity index (χ0v) is 11.7. The average molecular weight is 287 g/mol. The minimum Gasteiger partial charge on any atom is -0.377 e. The predicted octanol–water partition coefficient (Wildman–Crippen LogP) is 2.45. The van der Waals surface area contributed by atoms with Crippen LogP contribution < -0.4 is 0 Å². The molecule has 0 spiro atoms. The van der Waals surface area contributed by atoms with E-state index in [4.69, 9.17) is 16.3 Å². The van der Waals surface area contributed by atoms with Crippen molar-refractivity contribution < 1.29 is 13.7 Å². The highest BCUT2D eigenvalue weighted by Crippen LogP contribution is 2.20. The Labute approximate surface area is 114 Å². The lowest BCUT2D eigenvalue weighted by atomic mass is 10.1. The Kier molecular flexibility index (Phi) is 4.54. The minimum absolute atomic E-state index is 0.0296. The molecule has 0 N–H and O–H groups in total. The second-order valence-electron chi connectivity index (χ2n) is 4.36. The largest absolute Gasteiger partial charge is 0.377 e. The Balaban J connectivity index is 2.01. The van der Waals surface area contributed by atoms with Crippen molar-refractivity contribution >= 4 is 28.2 Å². The molecule has 2 rings (SSSR count). The Morgan fingerprint density at radius 3 is 2.94 bits per heavy atom. The number of Topliss-reactive ketones (excluding diaryl/α,β-unsaturated/α-hetero) is 1. The van der Waals surface area contributed by atoms with E-state index in [0.29, 0.717) is 17.2 Å². The highest BCUT2D eigenvalue weighted by molar-refractivity contribution is 7.86. The van der Waals surface area contributed by atoms with Gasteiger partial charge in [-0.3, -0.25) is 9.00 Å². The van der Waals surface area contributed by atoms with E-state index in [0.717, 1.165) is 6.42 Å². The molecule has 0 aromatic heterocycles. The van der Waals surface area contributed by atoms with E-state index < -0.39 is 10.8 Å². The van der Waals surface area contributed by atoms with Crippen LogP contribution in [0.1, 0.15) is 23.7 Å². The highest BCUT2D eigenvalue weighted by atomic mass is 35.5. The number of carbonyl (C=O) groups is 1. The quantitative estimate of drug-likeness (QED) is 0.799. The number of carbonyl (C=O) groups excluding carboxylic acids is 1. The highest BCUT2D eigenvalue weighted by Gasteiger charge is 2.30. The molecule has 0 amide bonds. The lowest BCUT2D eigenvalue weighted by Gasteiger charge is -2.13. The van der Waals surface area contributed by atoms with E-state index in [-0.39, 0.29) is 22.9 Å². The van der Waals surface area contributed by atoms with Crippen molar-refractivity contribution in [2.45, 2.75) is 24.7 Å². The first-order chi connectivity index (χ1) is 8.58. The number of benzene rings is 1.